The molecule has 0 atom stereocenters. The lowest BCUT2D eigenvalue weighted by molar-refractivity contribution is 0.456. The number of nitrogens with one attached hydrogen (secondary N) is 1. The monoisotopic (exact) mass is 253 g/mol. The van der Waals surface area contributed by atoms with Gasteiger partial charge in [-0.25, -0.2) is 0 Å². The van der Waals surface area contributed by atoms with E-state index in [4.69, 9.17) is 0 Å². The van der Waals surface area contributed by atoms with Crippen LogP contribution in [0.15, 0.2) is 0 Å². The zero-order chi connectivity index (χ0) is 11.9. The molecule has 96 valence electrons. The largest absolute Gasteiger partial charge is 0.311 e. The van der Waals surface area contributed by atoms with Crippen molar-refractivity contribution in [2.45, 2.75) is 58.4 Å². The number of aromatic nitrogens is 2. The van der Waals surface area contributed by atoms with Gasteiger partial charge in [0.2, 0.25) is 0 Å². The van der Waals surface area contributed by atoms with Crippen molar-refractivity contribution in [2.75, 3.05) is 6.54 Å². The summed E-state index contributed by atoms with van der Waals surface area (Å²) in [5, 5.41) is 14.2. The molecule has 1 fully saturated rings. The molecule has 1 aliphatic rings. The van der Waals surface area contributed by atoms with Crippen LogP contribution in [0.25, 0.3) is 0 Å². The first kappa shape index (κ1) is 13.0. The first-order valence-electron chi connectivity index (χ1n) is 6.90. The van der Waals surface area contributed by atoms with Crippen molar-refractivity contribution in [1.82, 2.24) is 15.5 Å². The lowest BCUT2D eigenvalue weighted by Crippen LogP contribution is -2.11. The van der Waals surface area contributed by atoms with Gasteiger partial charge in [0.15, 0.2) is 0 Å². The summed E-state index contributed by atoms with van der Waals surface area (Å²) in [5.74, 6) is 0.859. The summed E-state index contributed by atoms with van der Waals surface area (Å²) in [5.41, 5.74) is 0. The lowest BCUT2D eigenvalue weighted by atomic mass is 9.97. The van der Waals surface area contributed by atoms with Gasteiger partial charge >= 0.3 is 0 Å². The van der Waals surface area contributed by atoms with Crippen LogP contribution in [0, 0.1) is 5.92 Å². The molecule has 0 bridgehead atoms. The Bertz CT molecular complexity index is 316. The smallest absolute Gasteiger partial charge is 0.131 e. The molecule has 2 rings (SSSR count). The maximum atomic E-state index is 4.32. The summed E-state index contributed by atoms with van der Waals surface area (Å²) in [7, 11) is 0. The highest BCUT2D eigenvalue weighted by molar-refractivity contribution is 7.11. The Balaban J connectivity index is 1.82. The summed E-state index contributed by atoms with van der Waals surface area (Å²) in [6, 6.07) is 0. The summed E-state index contributed by atoms with van der Waals surface area (Å²) in [4.78, 5) is 0. The minimum absolute atomic E-state index is 0.859. The predicted molar refractivity (Wildman–Crippen MR) is 72.2 cm³/mol. The van der Waals surface area contributed by atoms with E-state index in [1.807, 2.05) is 0 Å². The summed E-state index contributed by atoms with van der Waals surface area (Å²) in [6.45, 7) is 3.99. The first-order valence-corrected chi connectivity index (χ1v) is 7.72. The molecule has 1 N–H and O–H groups in total. The third-order valence-electron chi connectivity index (χ3n) is 3.47. The number of hydrogen-bond acceptors (Lipinski definition) is 4. The van der Waals surface area contributed by atoms with Gasteiger partial charge in [0, 0.05) is 13.0 Å². The topological polar surface area (TPSA) is 37.8 Å². The third-order valence-corrected chi connectivity index (χ3v) is 4.42. The van der Waals surface area contributed by atoms with E-state index < -0.39 is 0 Å². The molecule has 0 radical (unpaired) electrons. The second-order valence-corrected chi connectivity index (χ2v) is 6.08. The summed E-state index contributed by atoms with van der Waals surface area (Å²) < 4.78 is 0. The first-order chi connectivity index (χ1) is 8.38. The summed E-state index contributed by atoms with van der Waals surface area (Å²) in [6.07, 6.45) is 9.62. The van der Waals surface area contributed by atoms with Crippen molar-refractivity contribution in [3.63, 3.8) is 0 Å². The highest BCUT2D eigenvalue weighted by Gasteiger charge is 2.15. The van der Waals surface area contributed by atoms with Gasteiger partial charge in [0.05, 0.1) is 0 Å². The minimum Gasteiger partial charge on any atom is -0.311 e. The Hall–Kier alpha value is -0.480. The van der Waals surface area contributed by atoms with Gasteiger partial charge in [-0.05, 0) is 12.5 Å². The third kappa shape index (κ3) is 4.36. The van der Waals surface area contributed by atoms with Gasteiger partial charge in [-0.1, -0.05) is 45.4 Å². The van der Waals surface area contributed by atoms with Crippen molar-refractivity contribution in [1.29, 1.82) is 0 Å². The van der Waals surface area contributed by atoms with Crippen molar-refractivity contribution >= 4 is 11.3 Å². The SMILES string of the molecule is CCNCc1nnc(CC2CCCCCC2)s1. The Kier molecular flexibility index (Phi) is 5.39. The van der Waals surface area contributed by atoms with Gasteiger partial charge in [0.1, 0.15) is 10.0 Å². The van der Waals surface area contributed by atoms with Crippen molar-refractivity contribution in [2.24, 2.45) is 5.92 Å². The molecule has 4 heteroatoms. The van der Waals surface area contributed by atoms with E-state index in [-0.39, 0.29) is 0 Å². The molecule has 0 amide bonds. The lowest BCUT2D eigenvalue weighted by Gasteiger charge is -2.10. The normalized spacial score (nSPS) is 18.2. The molecule has 0 aliphatic heterocycles. The van der Waals surface area contributed by atoms with Gasteiger partial charge in [-0.15, -0.1) is 21.5 Å². The van der Waals surface area contributed by atoms with Crippen LogP contribution in [0.4, 0.5) is 0 Å². The fraction of sp³-hybridized carbons (Fsp3) is 0.846. The van der Waals surface area contributed by atoms with Crippen LogP contribution in [-0.2, 0) is 13.0 Å². The van der Waals surface area contributed by atoms with Gasteiger partial charge in [-0.2, -0.15) is 0 Å². The van der Waals surface area contributed by atoms with E-state index in [0.717, 1.165) is 30.4 Å². The Morgan fingerprint density at radius 2 is 1.82 bits per heavy atom. The average molecular weight is 253 g/mol. The molecule has 0 spiro atoms. The van der Waals surface area contributed by atoms with Crippen LogP contribution < -0.4 is 5.32 Å². The van der Waals surface area contributed by atoms with Crippen LogP contribution >= 0.6 is 11.3 Å². The Morgan fingerprint density at radius 1 is 1.12 bits per heavy atom. The van der Waals surface area contributed by atoms with E-state index in [1.165, 1.54) is 43.5 Å². The molecule has 0 saturated heterocycles. The molecule has 17 heavy (non-hydrogen) atoms. The molecule has 1 aliphatic carbocycles. The molecule has 3 nitrogen and oxygen atoms in total. The van der Waals surface area contributed by atoms with Gasteiger partial charge in [-0.3, -0.25) is 0 Å². The van der Waals surface area contributed by atoms with Crippen LogP contribution in [0.3, 0.4) is 0 Å². The molecule has 1 heterocycles. The standard InChI is InChI=1S/C13H23N3S/c1-2-14-10-13-16-15-12(17-13)9-11-7-5-3-4-6-8-11/h11,14H,2-10H2,1H3. The zero-order valence-electron chi connectivity index (χ0n) is 10.7. The van der Waals surface area contributed by atoms with E-state index in [2.05, 4.69) is 22.4 Å². The molecule has 0 unspecified atom stereocenters. The van der Waals surface area contributed by atoms with E-state index >= 15 is 0 Å². The molecular formula is C13H23N3S. The predicted octanol–water partition coefficient (Wildman–Crippen LogP) is 3.16. The fourth-order valence-electron chi connectivity index (χ4n) is 2.49. The number of nitrogens with zero attached hydrogens (tertiary/aromatic N) is 2. The van der Waals surface area contributed by atoms with E-state index in [1.54, 1.807) is 11.3 Å². The van der Waals surface area contributed by atoms with Crippen molar-refractivity contribution in [3.05, 3.63) is 10.0 Å². The highest BCUT2D eigenvalue weighted by Crippen LogP contribution is 2.26. The van der Waals surface area contributed by atoms with Crippen molar-refractivity contribution in [3.8, 4) is 0 Å². The average Bonchev–Trinajstić information content (AvgIpc) is 2.61. The number of hydrogen-bond donors (Lipinski definition) is 1. The van der Waals surface area contributed by atoms with E-state index in [9.17, 15) is 0 Å². The van der Waals surface area contributed by atoms with Crippen molar-refractivity contribution < 1.29 is 0 Å². The van der Waals surface area contributed by atoms with Gasteiger partial charge < -0.3 is 5.32 Å². The second-order valence-electron chi connectivity index (χ2n) is 4.93. The molecule has 0 aromatic carbocycles. The van der Waals surface area contributed by atoms with E-state index in [0.29, 0.717) is 0 Å². The number of rotatable bonds is 5. The Morgan fingerprint density at radius 3 is 2.53 bits per heavy atom. The maximum absolute atomic E-state index is 4.32. The quantitative estimate of drug-likeness (QED) is 0.819. The molecule has 1 aromatic heterocycles. The van der Waals surface area contributed by atoms with Crippen LogP contribution in [0.1, 0.15) is 55.5 Å². The zero-order valence-corrected chi connectivity index (χ0v) is 11.6. The van der Waals surface area contributed by atoms with Crippen LogP contribution in [0.5, 0.6) is 0 Å². The molecule has 1 aromatic rings. The highest BCUT2D eigenvalue weighted by atomic mass is 32.1. The van der Waals surface area contributed by atoms with Crippen LogP contribution in [-0.4, -0.2) is 16.7 Å². The fourth-order valence-corrected chi connectivity index (χ4v) is 3.42. The van der Waals surface area contributed by atoms with Gasteiger partial charge in [0.25, 0.3) is 0 Å². The molecule has 1 saturated carbocycles. The minimum atomic E-state index is 0.859. The van der Waals surface area contributed by atoms with Crippen LogP contribution in [0.2, 0.25) is 0 Å². The second kappa shape index (κ2) is 7.07. The Labute approximate surface area is 108 Å². The molecular weight excluding hydrogens is 230 g/mol. The summed E-state index contributed by atoms with van der Waals surface area (Å²) >= 11 is 1.79. The maximum Gasteiger partial charge on any atom is 0.131 e.